The van der Waals surface area contributed by atoms with E-state index in [1.807, 2.05) is 0 Å². The second-order valence-electron chi connectivity index (χ2n) is 2.99. The number of benzene rings is 1. The summed E-state index contributed by atoms with van der Waals surface area (Å²) in [4.78, 5) is 0. The molecule has 0 unspecified atom stereocenters. The number of hydrogen-bond acceptors (Lipinski definition) is 2. The van der Waals surface area contributed by atoms with Crippen LogP contribution in [-0.4, -0.2) is 14.9 Å². The van der Waals surface area contributed by atoms with Crippen LogP contribution in [0, 0.1) is 5.82 Å². The molecular formula is C10H8ClFN2O. The fraction of sp³-hybridized carbons (Fsp3) is 0.100. The van der Waals surface area contributed by atoms with Crippen LogP contribution in [0.4, 0.5) is 4.39 Å². The Morgan fingerprint density at radius 3 is 2.87 bits per heavy atom. The number of aliphatic hydroxyl groups is 1. The topological polar surface area (TPSA) is 38.1 Å². The summed E-state index contributed by atoms with van der Waals surface area (Å²) >= 11 is 5.87. The average molecular weight is 227 g/mol. The molecule has 2 rings (SSSR count). The first-order valence-electron chi connectivity index (χ1n) is 4.31. The molecule has 0 saturated heterocycles. The van der Waals surface area contributed by atoms with E-state index in [0.717, 1.165) is 0 Å². The molecule has 0 amide bonds. The number of nitrogens with zero attached hydrogens (tertiary/aromatic N) is 2. The normalized spacial score (nSPS) is 10.6. The summed E-state index contributed by atoms with van der Waals surface area (Å²) in [7, 11) is 0. The van der Waals surface area contributed by atoms with Gasteiger partial charge in [0.1, 0.15) is 5.82 Å². The molecule has 0 aliphatic heterocycles. The second-order valence-corrected chi connectivity index (χ2v) is 3.40. The lowest BCUT2D eigenvalue weighted by atomic mass is 10.3. The van der Waals surface area contributed by atoms with Crippen molar-refractivity contribution >= 4 is 11.6 Å². The summed E-state index contributed by atoms with van der Waals surface area (Å²) in [5.74, 6) is -0.401. The number of hydrogen-bond donors (Lipinski definition) is 1. The molecule has 0 aliphatic carbocycles. The average Bonchev–Trinajstić information content (AvgIpc) is 2.65. The van der Waals surface area contributed by atoms with Crippen LogP contribution < -0.4 is 0 Å². The Morgan fingerprint density at radius 2 is 2.20 bits per heavy atom. The maximum absolute atomic E-state index is 12.8. The van der Waals surface area contributed by atoms with Crippen molar-refractivity contribution in [2.75, 3.05) is 0 Å². The van der Waals surface area contributed by atoms with Crippen molar-refractivity contribution in [1.29, 1.82) is 0 Å². The Hall–Kier alpha value is -1.39. The van der Waals surface area contributed by atoms with Gasteiger partial charge in [-0.1, -0.05) is 11.6 Å². The fourth-order valence-electron chi connectivity index (χ4n) is 1.32. The van der Waals surface area contributed by atoms with Gasteiger partial charge in [-0.3, -0.25) is 0 Å². The van der Waals surface area contributed by atoms with E-state index < -0.39 is 5.82 Å². The van der Waals surface area contributed by atoms with Crippen LogP contribution in [0.1, 0.15) is 5.69 Å². The van der Waals surface area contributed by atoms with Crippen molar-refractivity contribution in [3.05, 3.63) is 47.0 Å². The molecule has 0 spiro atoms. The zero-order valence-corrected chi connectivity index (χ0v) is 8.45. The highest BCUT2D eigenvalue weighted by atomic mass is 35.5. The van der Waals surface area contributed by atoms with Gasteiger partial charge < -0.3 is 5.11 Å². The quantitative estimate of drug-likeness (QED) is 0.852. The second kappa shape index (κ2) is 4.00. The van der Waals surface area contributed by atoms with E-state index in [1.54, 1.807) is 12.3 Å². The molecule has 2 aromatic rings. The molecule has 1 aromatic heterocycles. The van der Waals surface area contributed by atoms with E-state index in [2.05, 4.69) is 5.10 Å². The van der Waals surface area contributed by atoms with Gasteiger partial charge >= 0.3 is 0 Å². The Bertz CT molecular complexity index is 484. The van der Waals surface area contributed by atoms with Gasteiger partial charge in [-0.05, 0) is 24.3 Å². The standard InChI is InChI=1S/C10H8ClFN2O/c11-9-5-7(12)1-2-10(9)14-8(6-15)3-4-13-14/h1-5,15H,6H2. The molecule has 3 nitrogen and oxygen atoms in total. The SMILES string of the molecule is OCc1ccnn1-c1ccc(F)cc1Cl. The van der Waals surface area contributed by atoms with Crippen LogP contribution in [-0.2, 0) is 6.61 Å². The summed E-state index contributed by atoms with van der Waals surface area (Å²) in [6, 6.07) is 5.69. The highest BCUT2D eigenvalue weighted by Crippen LogP contribution is 2.22. The molecule has 0 atom stereocenters. The molecule has 0 saturated carbocycles. The van der Waals surface area contributed by atoms with E-state index >= 15 is 0 Å². The summed E-state index contributed by atoms with van der Waals surface area (Å²) in [6.45, 7) is -0.145. The lowest BCUT2D eigenvalue weighted by Crippen LogP contribution is -2.02. The highest BCUT2D eigenvalue weighted by molar-refractivity contribution is 6.32. The summed E-state index contributed by atoms with van der Waals surface area (Å²) in [5, 5.41) is 13.3. The van der Waals surface area contributed by atoms with Crippen LogP contribution in [0.25, 0.3) is 5.69 Å². The Balaban J connectivity index is 2.54. The lowest BCUT2D eigenvalue weighted by molar-refractivity contribution is 0.273. The molecule has 0 radical (unpaired) electrons. The largest absolute Gasteiger partial charge is 0.390 e. The Morgan fingerprint density at radius 1 is 1.40 bits per heavy atom. The number of aromatic nitrogens is 2. The van der Waals surface area contributed by atoms with Gasteiger partial charge in [0, 0.05) is 6.20 Å². The predicted molar refractivity (Wildman–Crippen MR) is 54.5 cm³/mol. The smallest absolute Gasteiger partial charge is 0.124 e. The number of rotatable bonds is 2. The Kier molecular flexibility index (Phi) is 2.70. The van der Waals surface area contributed by atoms with Gasteiger partial charge in [-0.15, -0.1) is 0 Å². The first-order valence-corrected chi connectivity index (χ1v) is 4.69. The maximum Gasteiger partial charge on any atom is 0.124 e. The first kappa shape index (κ1) is 10.1. The minimum atomic E-state index is -0.401. The number of halogens is 2. The third kappa shape index (κ3) is 1.86. The molecule has 1 aromatic carbocycles. The molecule has 15 heavy (non-hydrogen) atoms. The van der Waals surface area contributed by atoms with Crippen molar-refractivity contribution < 1.29 is 9.50 Å². The zero-order valence-electron chi connectivity index (χ0n) is 7.69. The molecule has 1 N–H and O–H groups in total. The highest BCUT2D eigenvalue weighted by Gasteiger charge is 2.08. The van der Waals surface area contributed by atoms with Gasteiger partial charge in [-0.2, -0.15) is 5.10 Å². The van der Waals surface area contributed by atoms with Gasteiger partial charge in [0.2, 0.25) is 0 Å². The van der Waals surface area contributed by atoms with E-state index in [4.69, 9.17) is 16.7 Å². The molecule has 5 heteroatoms. The summed E-state index contributed by atoms with van der Waals surface area (Å²) in [5.41, 5.74) is 1.15. The van der Waals surface area contributed by atoms with Crippen LogP contribution in [0.15, 0.2) is 30.5 Å². The van der Waals surface area contributed by atoms with Crippen molar-refractivity contribution in [2.24, 2.45) is 0 Å². The molecule has 78 valence electrons. The molecular weight excluding hydrogens is 219 g/mol. The molecule has 0 aliphatic rings. The third-order valence-electron chi connectivity index (χ3n) is 2.02. The Labute approximate surface area is 90.7 Å². The van der Waals surface area contributed by atoms with Crippen LogP contribution in [0.5, 0.6) is 0 Å². The van der Waals surface area contributed by atoms with Crippen molar-refractivity contribution in [3.8, 4) is 5.69 Å². The molecule has 0 fully saturated rings. The van der Waals surface area contributed by atoms with Gasteiger partial charge in [0.25, 0.3) is 0 Å². The maximum atomic E-state index is 12.8. The van der Waals surface area contributed by atoms with Crippen molar-refractivity contribution in [1.82, 2.24) is 9.78 Å². The number of aliphatic hydroxyl groups excluding tert-OH is 1. The van der Waals surface area contributed by atoms with E-state index in [1.165, 1.54) is 22.9 Å². The van der Waals surface area contributed by atoms with Crippen molar-refractivity contribution in [3.63, 3.8) is 0 Å². The van der Waals surface area contributed by atoms with Gasteiger partial charge in [0.05, 0.1) is 23.0 Å². The zero-order chi connectivity index (χ0) is 10.8. The summed E-state index contributed by atoms with van der Waals surface area (Å²) < 4.78 is 14.3. The summed E-state index contributed by atoms with van der Waals surface area (Å²) in [6.07, 6.45) is 1.55. The minimum Gasteiger partial charge on any atom is -0.390 e. The van der Waals surface area contributed by atoms with Crippen LogP contribution >= 0.6 is 11.6 Å². The van der Waals surface area contributed by atoms with E-state index in [0.29, 0.717) is 11.4 Å². The van der Waals surface area contributed by atoms with E-state index in [-0.39, 0.29) is 11.6 Å². The van der Waals surface area contributed by atoms with Crippen molar-refractivity contribution in [2.45, 2.75) is 6.61 Å². The van der Waals surface area contributed by atoms with Gasteiger partial charge in [0.15, 0.2) is 0 Å². The van der Waals surface area contributed by atoms with E-state index in [9.17, 15) is 4.39 Å². The monoisotopic (exact) mass is 226 g/mol. The first-order chi connectivity index (χ1) is 7.22. The fourth-order valence-corrected chi connectivity index (χ4v) is 1.57. The van der Waals surface area contributed by atoms with Gasteiger partial charge in [-0.25, -0.2) is 9.07 Å². The van der Waals surface area contributed by atoms with Crippen LogP contribution in [0.2, 0.25) is 5.02 Å². The molecule has 1 heterocycles. The third-order valence-corrected chi connectivity index (χ3v) is 2.32. The minimum absolute atomic E-state index is 0.145. The predicted octanol–water partition coefficient (Wildman–Crippen LogP) is 2.16. The molecule has 0 bridgehead atoms. The lowest BCUT2D eigenvalue weighted by Gasteiger charge is -2.07. The van der Waals surface area contributed by atoms with Crippen LogP contribution in [0.3, 0.4) is 0 Å².